The molecule has 0 spiro atoms. The van der Waals surface area contributed by atoms with Crippen molar-refractivity contribution in [2.24, 2.45) is 11.7 Å². The molecule has 1 fully saturated rings. The van der Waals surface area contributed by atoms with Gasteiger partial charge in [-0.1, -0.05) is 26.7 Å². The molecule has 0 amide bonds. The summed E-state index contributed by atoms with van der Waals surface area (Å²) in [6.45, 7) is 8.14. The van der Waals surface area contributed by atoms with Crippen molar-refractivity contribution in [3.05, 3.63) is 0 Å². The summed E-state index contributed by atoms with van der Waals surface area (Å²) in [7, 11) is 0. The highest BCUT2D eigenvalue weighted by Crippen LogP contribution is 2.23. The number of hydrogen-bond donors (Lipinski definition) is 1. The van der Waals surface area contributed by atoms with Crippen LogP contribution in [0, 0.1) is 5.92 Å². The zero-order chi connectivity index (χ0) is 11.1. The zero-order valence-corrected chi connectivity index (χ0v) is 10.5. The molecule has 0 aliphatic carbocycles. The highest BCUT2D eigenvalue weighted by atomic mass is 15.2. The molecular formula is C13H28N2. The van der Waals surface area contributed by atoms with Crippen LogP contribution in [-0.4, -0.2) is 30.6 Å². The van der Waals surface area contributed by atoms with Gasteiger partial charge in [-0.05, 0) is 44.7 Å². The number of hydrogen-bond acceptors (Lipinski definition) is 2. The van der Waals surface area contributed by atoms with E-state index in [-0.39, 0.29) is 0 Å². The summed E-state index contributed by atoms with van der Waals surface area (Å²) >= 11 is 0. The predicted octanol–water partition coefficient (Wildman–Crippen LogP) is 2.63. The maximum atomic E-state index is 5.59. The fraction of sp³-hybridized carbons (Fsp3) is 1.00. The topological polar surface area (TPSA) is 29.3 Å². The van der Waals surface area contributed by atoms with E-state index in [9.17, 15) is 0 Å². The number of rotatable bonds is 7. The number of nitrogens with zero attached hydrogens (tertiary/aromatic N) is 1. The minimum absolute atomic E-state index is 0.842. The van der Waals surface area contributed by atoms with E-state index in [2.05, 4.69) is 18.7 Å². The molecule has 15 heavy (non-hydrogen) atoms. The quantitative estimate of drug-likeness (QED) is 0.703. The second-order valence-corrected chi connectivity index (χ2v) is 4.90. The molecule has 0 bridgehead atoms. The Morgan fingerprint density at radius 1 is 1.33 bits per heavy atom. The Morgan fingerprint density at radius 3 is 2.67 bits per heavy atom. The first-order valence-corrected chi connectivity index (χ1v) is 6.75. The molecule has 0 radical (unpaired) electrons. The Labute approximate surface area is 95.2 Å². The summed E-state index contributed by atoms with van der Waals surface area (Å²) in [6.07, 6.45) is 7.98. The van der Waals surface area contributed by atoms with Crippen LogP contribution in [0.5, 0.6) is 0 Å². The summed E-state index contributed by atoms with van der Waals surface area (Å²) < 4.78 is 0. The molecule has 0 saturated carbocycles. The first kappa shape index (κ1) is 13.0. The standard InChI is InChI=1S/C13H28N2/c1-3-12(4-2)11-15-10-6-8-13(15)7-5-9-14/h12-13H,3-11,14H2,1-2H3. The van der Waals surface area contributed by atoms with E-state index < -0.39 is 0 Å². The van der Waals surface area contributed by atoms with Crippen LogP contribution in [-0.2, 0) is 0 Å². The molecule has 90 valence electrons. The third-order valence-corrected chi connectivity index (χ3v) is 3.89. The van der Waals surface area contributed by atoms with E-state index >= 15 is 0 Å². The maximum absolute atomic E-state index is 5.59. The Balaban J connectivity index is 2.31. The van der Waals surface area contributed by atoms with Crippen molar-refractivity contribution in [3.63, 3.8) is 0 Å². The molecule has 0 aromatic rings. The fourth-order valence-corrected chi connectivity index (χ4v) is 2.69. The minimum atomic E-state index is 0.842. The van der Waals surface area contributed by atoms with Crippen molar-refractivity contribution in [2.45, 2.75) is 58.4 Å². The second kappa shape index (κ2) is 7.24. The van der Waals surface area contributed by atoms with Gasteiger partial charge in [0.1, 0.15) is 0 Å². The lowest BCUT2D eigenvalue weighted by Gasteiger charge is -2.28. The van der Waals surface area contributed by atoms with Gasteiger partial charge in [-0.3, -0.25) is 0 Å². The van der Waals surface area contributed by atoms with E-state index in [1.54, 1.807) is 0 Å². The molecule has 0 aromatic heterocycles. The summed E-state index contributed by atoms with van der Waals surface area (Å²) in [5, 5.41) is 0. The Kier molecular flexibility index (Phi) is 6.26. The molecule has 1 aliphatic heterocycles. The second-order valence-electron chi connectivity index (χ2n) is 4.90. The Hall–Kier alpha value is -0.0800. The van der Waals surface area contributed by atoms with Crippen LogP contribution >= 0.6 is 0 Å². The van der Waals surface area contributed by atoms with Crippen molar-refractivity contribution >= 4 is 0 Å². The SMILES string of the molecule is CCC(CC)CN1CCCC1CCCN. The van der Waals surface area contributed by atoms with Crippen LogP contribution in [0.1, 0.15) is 52.4 Å². The fourth-order valence-electron chi connectivity index (χ4n) is 2.69. The Morgan fingerprint density at radius 2 is 2.07 bits per heavy atom. The third kappa shape index (κ3) is 4.12. The van der Waals surface area contributed by atoms with Gasteiger partial charge in [-0.2, -0.15) is 0 Å². The van der Waals surface area contributed by atoms with Crippen molar-refractivity contribution in [2.75, 3.05) is 19.6 Å². The maximum Gasteiger partial charge on any atom is 0.00963 e. The molecular weight excluding hydrogens is 184 g/mol. The van der Waals surface area contributed by atoms with Crippen molar-refractivity contribution < 1.29 is 0 Å². The lowest BCUT2D eigenvalue weighted by atomic mass is 10.0. The van der Waals surface area contributed by atoms with Crippen molar-refractivity contribution in [1.29, 1.82) is 0 Å². The highest BCUT2D eigenvalue weighted by Gasteiger charge is 2.24. The molecule has 1 rings (SSSR count). The monoisotopic (exact) mass is 212 g/mol. The molecule has 1 saturated heterocycles. The van der Waals surface area contributed by atoms with E-state index in [0.717, 1.165) is 18.5 Å². The van der Waals surface area contributed by atoms with Crippen LogP contribution in [0.3, 0.4) is 0 Å². The van der Waals surface area contributed by atoms with Gasteiger partial charge < -0.3 is 10.6 Å². The van der Waals surface area contributed by atoms with E-state index in [1.807, 2.05) is 0 Å². The van der Waals surface area contributed by atoms with Gasteiger partial charge in [0.2, 0.25) is 0 Å². The largest absolute Gasteiger partial charge is 0.330 e. The number of nitrogens with two attached hydrogens (primary N) is 1. The van der Waals surface area contributed by atoms with E-state index in [0.29, 0.717) is 0 Å². The lowest BCUT2D eigenvalue weighted by molar-refractivity contribution is 0.198. The van der Waals surface area contributed by atoms with E-state index in [4.69, 9.17) is 5.73 Å². The van der Waals surface area contributed by atoms with Crippen LogP contribution in [0.15, 0.2) is 0 Å². The van der Waals surface area contributed by atoms with Crippen molar-refractivity contribution in [3.8, 4) is 0 Å². The molecule has 1 atom stereocenters. The van der Waals surface area contributed by atoms with Crippen LogP contribution in [0.4, 0.5) is 0 Å². The predicted molar refractivity (Wildman–Crippen MR) is 67.0 cm³/mol. The van der Waals surface area contributed by atoms with Gasteiger partial charge in [0.15, 0.2) is 0 Å². The van der Waals surface area contributed by atoms with Gasteiger partial charge in [0, 0.05) is 12.6 Å². The first-order chi connectivity index (χ1) is 7.31. The molecule has 2 N–H and O–H groups in total. The highest BCUT2D eigenvalue weighted by molar-refractivity contribution is 4.80. The Bertz CT molecular complexity index is 155. The molecule has 1 heterocycles. The number of likely N-dealkylation sites (tertiary alicyclic amines) is 1. The molecule has 1 unspecified atom stereocenters. The molecule has 0 aromatic carbocycles. The molecule has 2 nitrogen and oxygen atoms in total. The minimum Gasteiger partial charge on any atom is -0.330 e. The van der Waals surface area contributed by atoms with Gasteiger partial charge >= 0.3 is 0 Å². The average Bonchev–Trinajstić information content (AvgIpc) is 2.70. The first-order valence-electron chi connectivity index (χ1n) is 6.75. The van der Waals surface area contributed by atoms with Crippen LogP contribution < -0.4 is 5.73 Å². The van der Waals surface area contributed by atoms with Crippen molar-refractivity contribution in [1.82, 2.24) is 4.90 Å². The zero-order valence-electron chi connectivity index (χ0n) is 10.5. The van der Waals surface area contributed by atoms with Crippen LogP contribution in [0.25, 0.3) is 0 Å². The van der Waals surface area contributed by atoms with Gasteiger partial charge in [-0.15, -0.1) is 0 Å². The van der Waals surface area contributed by atoms with E-state index in [1.165, 1.54) is 51.6 Å². The average molecular weight is 212 g/mol. The summed E-state index contributed by atoms with van der Waals surface area (Å²) in [5.41, 5.74) is 5.59. The lowest BCUT2D eigenvalue weighted by Crippen LogP contribution is -2.34. The normalized spacial score (nSPS) is 22.8. The van der Waals surface area contributed by atoms with Gasteiger partial charge in [0.25, 0.3) is 0 Å². The van der Waals surface area contributed by atoms with Gasteiger partial charge in [0.05, 0.1) is 0 Å². The summed E-state index contributed by atoms with van der Waals surface area (Å²) in [5.74, 6) is 0.906. The van der Waals surface area contributed by atoms with Gasteiger partial charge in [-0.25, -0.2) is 0 Å². The summed E-state index contributed by atoms with van der Waals surface area (Å²) in [4.78, 5) is 2.72. The third-order valence-electron chi connectivity index (χ3n) is 3.89. The smallest absolute Gasteiger partial charge is 0.00963 e. The molecule has 1 aliphatic rings. The van der Waals surface area contributed by atoms with Crippen LogP contribution in [0.2, 0.25) is 0 Å². The molecule has 2 heteroatoms. The summed E-state index contributed by atoms with van der Waals surface area (Å²) in [6, 6.07) is 0.842.